The lowest BCUT2D eigenvalue weighted by atomic mass is 10.1. The molecule has 1 rings (SSSR count). The average Bonchev–Trinajstić information content (AvgIpc) is 2.10. The Labute approximate surface area is 90.5 Å². The first-order valence-electron chi connectivity index (χ1n) is 3.64. The van der Waals surface area contributed by atoms with E-state index in [9.17, 15) is 4.79 Å². The van der Waals surface area contributed by atoms with Gasteiger partial charge in [0.25, 0.3) is 0 Å². The zero-order valence-corrected chi connectivity index (χ0v) is 8.43. The fourth-order valence-corrected chi connectivity index (χ4v) is 1.61. The third kappa shape index (κ3) is 2.38. The van der Waals surface area contributed by atoms with Crippen LogP contribution in [0.3, 0.4) is 0 Å². The molecule has 0 aliphatic heterocycles. The summed E-state index contributed by atoms with van der Waals surface area (Å²) in [4.78, 5) is 10.4. The van der Waals surface area contributed by atoms with Gasteiger partial charge in [0.05, 0.1) is 18.1 Å². The van der Waals surface area contributed by atoms with Gasteiger partial charge in [-0.15, -0.1) is 0 Å². The summed E-state index contributed by atoms with van der Waals surface area (Å²) in [6.45, 7) is 0. The molecule has 0 aliphatic rings. The predicted molar refractivity (Wildman–Crippen MR) is 52.5 cm³/mol. The summed E-state index contributed by atoms with van der Waals surface area (Å²) in [5, 5.41) is 17.5. The number of hydrogen-bond acceptors (Lipinski definition) is 2. The van der Waals surface area contributed by atoms with Crippen molar-refractivity contribution in [2.24, 2.45) is 0 Å². The van der Waals surface area contributed by atoms with E-state index in [2.05, 4.69) is 0 Å². The van der Waals surface area contributed by atoms with Crippen molar-refractivity contribution in [2.45, 2.75) is 6.42 Å². The number of carbonyl (C=O) groups is 1. The van der Waals surface area contributed by atoms with Gasteiger partial charge in [-0.05, 0) is 12.1 Å². The number of nitrogens with zero attached hydrogens (tertiary/aromatic N) is 1. The topological polar surface area (TPSA) is 61.1 Å². The third-order valence-electron chi connectivity index (χ3n) is 1.60. The van der Waals surface area contributed by atoms with E-state index in [1.807, 2.05) is 6.07 Å². The van der Waals surface area contributed by atoms with Gasteiger partial charge in [-0.25, -0.2) is 0 Å². The molecule has 5 heteroatoms. The van der Waals surface area contributed by atoms with Crippen LogP contribution >= 0.6 is 23.2 Å². The number of aliphatic carboxylic acids is 1. The molecule has 0 atom stereocenters. The first kappa shape index (κ1) is 10.8. The fraction of sp³-hybridized carbons (Fsp3) is 0.111. The average molecular weight is 230 g/mol. The minimum Gasteiger partial charge on any atom is -0.481 e. The van der Waals surface area contributed by atoms with Crippen molar-refractivity contribution in [1.29, 1.82) is 5.26 Å². The van der Waals surface area contributed by atoms with E-state index < -0.39 is 5.97 Å². The van der Waals surface area contributed by atoms with Crippen LogP contribution in [0.15, 0.2) is 12.1 Å². The second-order valence-electron chi connectivity index (χ2n) is 2.60. The summed E-state index contributed by atoms with van der Waals surface area (Å²) in [6.07, 6.45) is -0.247. The lowest BCUT2D eigenvalue weighted by molar-refractivity contribution is -0.136. The third-order valence-corrected chi connectivity index (χ3v) is 2.27. The number of benzene rings is 1. The standard InChI is InChI=1S/C9H5Cl2NO2/c10-7-1-5(4-12)2-8(11)6(7)3-9(13)14/h1-2H,3H2,(H,13,14). The number of carboxylic acids is 1. The molecule has 1 N–H and O–H groups in total. The van der Waals surface area contributed by atoms with Crippen molar-refractivity contribution >= 4 is 29.2 Å². The Hall–Kier alpha value is -1.24. The molecule has 1 aromatic rings. The first-order valence-corrected chi connectivity index (χ1v) is 4.40. The maximum absolute atomic E-state index is 10.4. The highest BCUT2D eigenvalue weighted by molar-refractivity contribution is 6.36. The Bertz CT molecular complexity index is 400. The van der Waals surface area contributed by atoms with Crippen LogP contribution in [0, 0.1) is 11.3 Å². The van der Waals surface area contributed by atoms with Crippen LogP contribution in [0.1, 0.15) is 11.1 Å². The SMILES string of the molecule is N#Cc1cc(Cl)c(CC(=O)O)c(Cl)c1. The lowest BCUT2D eigenvalue weighted by Crippen LogP contribution is -2.01. The molecule has 0 saturated heterocycles. The van der Waals surface area contributed by atoms with Crippen LogP contribution < -0.4 is 0 Å². The minimum atomic E-state index is -1.02. The van der Waals surface area contributed by atoms with E-state index in [-0.39, 0.29) is 16.5 Å². The van der Waals surface area contributed by atoms with Gasteiger partial charge in [-0.2, -0.15) is 5.26 Å². The molecule has 0 spiro atoms. The largest absolute Gasteiger partial charge is 0.481 e. The molecule has 0 heterocycles. The minimum absolute atomic E-state index is 0.205. The molecule has 0 saturated carbocycles. The van der Waals surface area contributed by atoms with Gasteiger partial charge in [0.15, 0.2) is 0 Å². The van der Waals surface area contributed by atoms with Crippen molar-refractivity contribution in [3.8, 4) is 6.07 Å². The van der Waals surface area contributed by atoms with Gasteiger partial charge >= 0.3 is 5.97 Å². The summed E-state index contributed by atoms with van der Waals surface area (Å²) >= 11 is 11.5. The second-order valence-corrected chi connectivity index (χ2v) is 3.42. The zero-order chi connectivity index (χ0) is 10.7. The highest BCUT2D eigenvalue weighted by Crippen LogP contribution is 2.26. The Morgan fingerprint density at radius 3 is 2.29 bits per heavy atom. The van der Waals surface area contributed by atoms with Crippen LogP contribution in [0.2, 0.25) is 10.0 Å². The normalized spacial score (nSPS) is 9.50. The zero-order valence-electron chi connectivity index (χ0n) is 6.92. The van der Waals surface area contributed by atoms with Crippen molar-refractivity contribution in [2.75, 3.05) is 0 Å². The maximum atomic E-state index is 10.4. The Morgan fingerprint density at radius 1 is 1.43 bits per heavy atom. The molecule has 0 aliphatic carbocycles. The number of nitriles is 1. The predicted octanol–water partition coefficient (Wildman–Crippen LogP) is 2.49. The number of rotatable bonds is 2. The van der Waals surface area contributed by atoms with Gasteiger partial charge < -0.3 is 5.11 Å². The van der Waals surface area contributed by atoms with Crippen LogP contribution in [0.5, 0.6) is 0 Å². The quantitative estimate of drug-likeness (QED) is 0.848. The molecule has 3 nitrogen and oxygen atoms in total. The van der Waals surface area contributed by atoms with Gasteiger partial charge in [0.2, 0.25) is 0 Å². The molecule has 0 amide bonds. The monoisotopic (exact) mass is 229 g/mol. The van der Waals surface area contributed by atoms with Gasteiger partial charge in [0.1, 0.15) is 0 Å². The first-order chi connectivity index (χ1) is 6.54. The van der Waals surface area contributed by atoms with E-state index in [0.29, 0.717) is 11.1 Å². The Kier molecular flexibility index (Phi) is 3.34. The fourth-order valence-electron chi connectivity index (χ4n) is 0.988. The lowest BCUT2D eigenvalue weighted by Gasteiger charge is -2.04. The summed E-state index contributed by atoms with van der Waals surface area (Å²) in [5.74, 6) is -1.02. The molecule has 1 aromatic carbocycles. The van der Waals surface area contributed by atoms with Gasteiger partial charge in [-0.1, -0.05) is 23.2 Å². The van der Waals surface area contributed by atoms with Crippen molar-refractivity contribution in [1.82, 2.24) is 0 Å². The highest BCUT2D eigenvalue weighted by atomic mass is 35.5. The van der Waals surface area contributed by atoms with E-state index in [1.54, 1.807) is 0 Å². The van der Waals surface area contributed by atoms with E-state index in [4.69, 9.17) is 33.6 Å². The Balaban J connectivity index is 3.19. The number of hydrogen-bond donors (Lipinski definition) is 1. The molecule has 0 radical (unpaired) electrons. The maximum Gasteiger partial charge on any atom is 0.307 e. The smallest absolute Gasteiger partial charge is 0.307 e. The molecular formula is C9H5Cl2NO2. The molecule has 0 aromatic heterocycles. The van der Waals surface area contributed by atoms with Crippen LogP contribution in [-0.4, -0.2) is 11.1 Å². The van der Waals surface area contributed by atoms with Crippen LogP contribution in [0.25, 0.3) is 0 Å². The molecule has 72 valence electrons. The summed E-state index contributed by atoms with van der Waals surface area (Å²) in [5.41, 5.74) is 0.647. The van der Waals surface area contributed by atoms with E-state index >= 15 is 0 Å². The van der Waals surface area contributed by atoms with Crippen molar-refractivity contribution < 1.29 is 9.90 Å². The van der Waals surface area contributed by atoms with Gasteiger partial charge in [-0.3, -0.25) is 4.79 Å². The summed E-state index contributed by atoms with van der Waals surface area (Å²) < 4.78 is 0. The highest BCUT2D eigenvalue weighted by Gasteiger charge is 2.11. The Morgan fingerprint density at radius 2 is 1.93 bits per heavy atom. The van der Waals surface area contributed by atoms with Crippen LogP contribution in [0.4, 0.5) is 0 Å². The number of halogens is 2. The molecule has 14 heavy (non-hydrogen) atoms. The van der Waals surface area contributed by atoms with Crippen molar-refractivity contribution in [3.63, 3.8) is 0 Å². The van der Waals surface area contributed by atoms with E-state index in [1.165, 1.54) is 12.1 Å². The summed E-state index contributed by atoms with van der Waals surface area (Å²) in [7, 11) is 0. The van der Waals surface area contributed by atoms with Crippen molar-refractivity contribution in [3.05, 3.63) is 33.3 Å². The number of carboxylic acid groups (broad SMARTS) is 1. The summed E-state index contributed by atoms with van der Waals surface area (Å²) in [6, 6.07) is 4.66. The molecular weight excluding hydrogens is 225 g/mol. The molecule has 0 unspecified atom stereocenters. The second kappa shape index (κ2) is 4.32. The van der Waals surface area contributed by atoms with Crippen LogP contribution in [-0.2, 0) is 11.2 Å². The molecule has 0 bridgehead atoms. The van der Waals surface area contributed by atoms with E-state index in [0.717, 1.165) is 0 Å². The van der Waals surface area contributed by atoms with Gasteiger partial charge in [0, 0.05) is 15.6 Å². The molecule has 0 fully saturated rings.